The summed E-state index contributed by atoms with van der Waals surface area (Å²) in [5.41, 5.74) is 3.77. The van der Waals surface area contributed by atoms with Gasteiger partial charge in [0.15, 0.2) is 5.82 Å². The molecular weight excluding hydrogens is 344 g/mol. The summed E-state index contributed by atoms with van der Waals surface area (Å²) in [5.74, 6) is 3.18. The lowest BCUT2D eigenvalue weighted by atomic mass is 10.1. The lowest BCUT2D eigenvalue weighted by Crippen LogP contribution is -2.18. The van der Waals surface area contributed by atoms with Gasteiger partial charge in [-0.3, -0.25) is 10.6 Å². The fraction of sp³-hybridized carbons (Fsp3) is 0.0714. The van der Waals surface area contributed by atoms with Gasteiger partial charge in [0.25, 0.3) is 5.91 Å². The minimum atomic E-state index is -0.870. The molecule has 0 heterocycles. The number of anilines is 2. The predicted octanol–water partition coefficient (Wildman–Crippen LogP) is 3.57. The van der Waals surface area contributed by atoms with Gasteiger partial charge in [-0.2, -0.15) is 0 Å². The fourth-order valence-corrected chi connectivity index (χ4v) is 2.32. The number of hydrogen-bond acceptors (Lipinski definition) is 3. The third-order valence-electron chi connectivity index (χ3n) is 2.82. The van der Waals surface area contributed by atoms with Crippen molar-refractivity contribution in [1.29, 1.82) is 0 Å². The van der Waals surface area contributed by atoms with E-state index in [2.05, 4.69) is 26.7 Å². The summed E-state index contributed by atoms with van der Waals surface area (Å²) in [6, 6.07) is 6.79. The normalized spacial score (nSPS) is 10.3. The van der Waals surface area contributed by atoms with Crippen molar-refractivity contribution in [3.8, 4) is 0 Å². The van der Waals surface area contributed by atoms with Crippen LogP contribution in [0.2, 0.25) is 0 Å². The first-order chi connectivity index (χ1) is 9.92. The molecule has 2 aromatic carbocycles. The van der Waals surface area contributed by atoms with Crippen LogP contribution in [0, 0.1) is 18.6 Å². The summed E-state index contributed by atoms with van der Waals surface area (Å²) in [6.07, 6.45) is 0. The number of rotatable bonds is 3. The van der Waals surface area contributed by atoms with Crippen LogP contribution in [0.25, 0.3) is 0 Å². The second kappa shape index (κ2) is 6.19. The van der Waals surface area contributed by atoms with Crippen molar-refractivity contribution in [3.63, 3.8) is 0 Å². The van der Waals surface area contributed by atoms with Crippen LogP contribution in [0.1, 0.15) is 15.9 Å². The zero-order valence-corrected chi connectivity index (χ0v) is 12.6. The zero-order valence-electron chi connectivity index (χ0n) is 11.0. The molecule has 1 amide bonds. The molecule has 0 aromatic heterocycles. The van der Waals surface area contributed by atoms with Crippen molar-refractivity contribution in [3.05, 3.63) is 57.6 Å². The van der Waals surface area contributed by atoms with E-state index in [4.69, 9.17) is 5.84 Å². The SMILES string of the molecule is Cc1ccc(NN)c(C(=O)Nc2c(F)cc(F)cc2Br)c1. The lowest BCUT2D eigenvalue weighted by molar-refractivity contribution is 0.102. The third-order valence-corrected chi connectivity index (χ3v) is 3.45. The number of benzene rings is 2. The average Bonchev–Trinajstić information content (AvgIpc) is 2.42. The summed E-state index contributed by atoms with van der Waals surface area (Å²) in [4.78, 5) is 12.2. The number of hydrazine groups is 1. The Balaban J connectivity index is 2.37. The van der Waals surface area contributed by atoms with Gasteiger partial charge >= 0.3 is 0 Å². The first kappa shape index (κ1) is 15.4. The number of hydrogen-bond donors (Lipinski definition) is 3. The Kier molecular flexibility index (Phi) is 4.54. The molecule has 0 aliphatic rings. The number of halogens is 3. The molecule has 110 valence electrons. The summed E-state index contributed by atoms with van der Waals surface area (Å²) >= 11 is 3.01. The van der Waals surface area contributed by atoms with Gasteiger partial charge in [-0.15, -0.1) is 0 Å². The maximum Gasteiger partial charge on any atom is 0.257 e. The number of amides is 1. The Labute approximate surface area is 128 Å². The Bertz CT molecular complexity index is 684. The molecule has 0 fully saturated rings. The molecule has 21 heavy (non-hydrogen) atoms. The van der Waals surface area contributed by atoms with E-state index in [0.29, 0.717) is 11.8 Å². The van der Waals surface area contributed by atoms with Gasteiger partial charge in [0, 0.05) is 10.5 Å². The second-order valence-corrected chi connectivity index (χ2v) is 5.25. The van der Waals surface area contributed by atoms with Crippen molar-refractivity contribution in [2.75, 3.05) is 10.7 Å². The third kappa shape index (κ3) is 3.37. The van der Waals surface area contributed by atoms with Gasteiger partial charge in [-0.25, -0.2) is 8.78 Å². The lowest BCUT2D eigenvalue weighted by Gasteiger charge is -2.12. The summed E-state index contributed by atoms with van der Waals surface area (Å²) in [7, 11) is 0. The Morgan fingerprint density at radius 3 is 2.57 bits per heavy atom. The van der Waals surface area contributed by atoms with Gasteiger partial charge in [-0.05, 0) is 41.1 Å². The zero-order chi connectivity index (χ0) is 15.6. The van der Waals surface area contributed by atoms with Crippen LogP contribution in [-0.2, 0) is 0 Å². The molecule has 0 spiro atoms. The number of nitrogens with one attached hydrogen (secondary N) is 2. The minimum Gasteiger partial charge on any atom is -0.323 e. The fourth-order valence-electron chi connectivity index (χ4n) is 1.81. The number of aryl methyl sites for hydroxylation is 1. The van der Waals surface area contributed by atoms with E-state index in [-0.39, 0.29) is 15.7 Å². The first-order valence-electron chi connectivity index (χ1n) is 5.95. The molecule has 0 aliphatic carbocycles. The van der Waals surface area contributed by atoms with Gasteiger partial charge in [-0.1, -0.05) is 11.6 Å². The Morgan fingerprint density at radius 2 is 1.95 bits per heavy atom. The van der Waals surface area contributed by atoms with Crippen molar-refractivity contribution < 1.29 is 13.6 Å². The molecule has 0 radical (unpaired) electrons. The molecule has 2 rings (SSSR count). The van der Waals surface area contributed by atoms with E-state index in [1.807, 2.05) is 6.92 Å². The van der Waals surface area contributed by atoms with Crippen LogP contribution >= 0.6 is 15.9 Å². The van der Waals surface area contributed by atoms with E-state index >= 15 is 0 Å². The molecule has 0 atom stereocenters. The molecule has 0 saturated carbocycles. The minimum absolute atomic E-state index is 0.114. The second-order valence-electron chi connectivity index (χ2n) is 4.39. The van der Waals surface area contributed by atoms with Gasteiger partial charge in [0.2, 0.25) is 0 Å². The molecule has 2 aromatic rings. The van der Waals surface area contributed by atoms with E-state index in [1.54, 1.807) is 18.2 Å². The number of nitrogens with two attached hydrogens (primary N) is 1. The van der Waals surface area contributed by atoms with Crippen molar-refractivity contribution in [2.45, 2.75) is 6.92 Å². The highest BCUT2D eigenvalue weighted by Gasteiger charge is 2.16. The monoisotopic (exact) mass is 355 g/mol. The standard InChI is InChI=1S/C14H12BrF2N3O/c1-7-2-3-12(20-18)9(4-7)14(21)19-13-10(15)5-8(16)6-11(13)17/h2-6,20H,18H2,1H3,(H,19,21). The van der Waals surface area contributed by atoms with E-state index in [0.717, 1.165) is 11.6 Å². The van der Waals surface area contributed by atoms with Crippen LogP contribution < -0.4 is 16.6 Å². The number of carbonyl (C=O) groups is 1. The molecule has 4 nitrogen and oxygen atoms in total. The summed E-state index contributed by atoms with van der Waals surface area (Å²) < 4.78 is 26.9. The maximum atomic E-state index is 13.7. The van der Waals surface area contributed by atoms with Gasteiger partial charge in [0.05, 0.1) is 16.9 Å². The first-order valence-corrected chi connectivity index (χ1v) is 6.75. The van der Waals surface area contributed by atoms with Crippen LogP contribution in [0.4, 0.5) is 20.2 Å². The van der Waals surface area contributed by atoms with Crippen molar-refractivity contribution in [1.82, 2.24) is 0 Å². The molecule has 0 saturated heterocycles. The highest BCUT2D eigenvalue weighted by molar-refractivity contribution is 9.10. The number of carbonyl (C=O) groups excluding carboxylic acids is 1. The molecule has 4 N–H and O–H groups in total. The maximum absolute atomic E-state index is 13.7. The van der Waals surface area contributed by atoms with Gasteiger partial charge < -0.3 is 10.7 Å². The van der Waals surface area contributed by atoms with Crippen LogP contribution in [0.15, 0.2) is 34.8 Å². The summed E-state index contributed by atoms with van der Waals surface area (Å²) in [5, 5.41) is 2.40. The van der Waals surface area contributed by atoms with Gasteiger partial charge in [0.1, 0.15) is 5.82 Å². The average molecular weight is 356 g/mol. The van der Waals surface area contributed by atoms with Crippen LogP contribution in [0.3, 0.4) is 0 Å². The van der Waals surface area contributed by atoms with Crippen LogP contribution in [0.5, 0.6) is 0 Å². The van der Waals surface area contributed by atoms with Crippen molar-refractivity contribution in [2.24, 2.45) is 5.84 Å². The Hall–Kier alpha value is -1.99. The number of nitrogen functional groups attached to an aromatic ring is 1. The quantitative estimate of drug-likeness (QED) is 0.582. The topological polar surface area (TPSA) is 67.1 Å². The summed E-state index contributed by atoms with van der Waals surface area (Å²) in [6.45, 7) is 1.81. The van der Waals surface area contributed by atoms with Crippen molar-refractivity contribution >= 4 is 33.2 Å². The molecule has 0 bridgehead atoms. The highest BCUT2D eigenvalue weighted by Crippen LogP contribution is 2.28. The van der Waals surface area contributed by atoms with Crippen LogP contribution in [-0.4, -0.2) is 5.91 Å². The molecule has 7 heteroatoms. The predicted molar refractivity (Wildman–Crippen MR) is 81.0 cm³/mol. The molecule has 0 unspecified atom stereocenters. The molecular formula is C14H12BrF2N3O. The largest absolute Gasteiger partial charge is 0.323 e. The van der Waals surface area contributed by atoms with E-state index in [1.165, 1.54) is 0 Å². The molecule has 0 aliphatic heterocycles. The smallest absolute Gasteiger partial charge is 0.257 e. The highest BCUT2D eigenvalue weighted by atomic mass is 79.9. The van der Waals surface area contributed by atoms with E-state index < -0.39 is 17.5 Å². The van der Waals surface area contributed by atoms with E-state index in [9.17, 15) is 13.6 Å². The Morgan fingerprint density at radius 1 is 1.24 bits per heavy atom.